The number of halogens is 3. The third-order valence-corrected chi connectivity index (χ3v) is 5.23. The summed E-state index contributed by atoms with van der Waals surface area (Å²) in [6, 6.07) is 2.95. The molecule has 112 valence electrons. The van der Waals surface area contributed by atoms with Crippen LogP contribution in [0.3, 0.4) is 0 Å². The van der Waals surface area contributed by atoms with E-state index >= 15 is 0 Å². The SMILES string of the molecule is COc1cc(Br)cnc1NS(=O)(=O)c1cnc(Cl)c(Br)c1. The lowest BCUT2D eigenvalue weighted by Gasteiger charge is -2.11. The molecule has 6 nitrogen and oxygen atoms in total. The maximum absolute atomic E-state index is 12.3. The van der Waals surface area contributed by atoms with Crippen LogP contribution in [-0.2, 0) is 10.0 Å². The molecule has 0 spiro atoms. The Morgan fingerprint density at radius 3 is 2.57 bits per heavy atom. The first-order valence-electron chi connectivity index (χ1n) is 5.37. The summed E-state index contributed by atoms with van der Waals surface area (Å²) >= 11 is 12.1. The van der Waals surface area contributed by atoms with Crippen molar-refractivity contribution in [3.05, 3.63) is 38.6 Å². The molecule has 2 heterocycles. The monoisotopic (exact) mass is 455 g/mol. The second kappa shape index (κ2) is 6.47. The van der Waals surface area contributed by atoms with E-state index in [4.69, 9.17) is 16.3 Å². The van der Waals surface area contributed by atoms with E-state index in [0.717, 1.165) is 6.20 Å². The number of anilines is 1. The molecule has 2 rings (SSSR count). The fourth-order valence-electron chi connectivity index (χ4n) is 1.39. The highest BCUT2D eigenvalue weighted by molar-refractivity contribution is 9.10. The minimum absolute atomic E-state index is 0.0504. The highest BCUT2D eigenvalue weighted by atomic mass is 79.9. The molecule has 2 aromatic heterocycles. The average Bonchev–Trinajstić information content (AvgIpc) is 2.43. The van der Waals surface area contributed by atoms with E-state index in [1.807, 2.05) is 0 Å². The zero-order valence-electron chi connectivity index (χ0n) is 10.5. The second-order valence-corrected chi connectivity index (χ2v) is 7.56. The van der Waals surface area contributed by atoms with Gasteiger partial charge in [-0.3, -0.25) is 4.72 Å². The van der Waals surface area contributed by atoms with Crippen LogP contribution < -0.4 is 9.46 Å². The standard InChI is InChI=1S/C11H8Br2ClN3O3S/c1-20-9-2-6(12)4-16-11(9)17-21(18,19)7-3-8(13)10(14)15-5-7/h2-5H,1H3,(H,16,17). The van der Waals surface area contributed by atoms with Gasteiger partial charge in [0.25, 0.3) is 10.0 Å². The van der Waals surface area contributed by atoms with E-state index in [1.165, 1.54) is 19.4 Å². The molecule has 0 aliphatic heterocycles. The first-order valence-corrected chi connectivity index (χ1v) is 8.81. The van der Waals surface area contributed by atoms with Gasteiger partial charge in [0.2, 0.25) is 0 Å². The summed E-state index contributed by atoms with van der Waals surface area (Å²) in [5.41, 5.74) is 0. The average molecular weight is 458 g/mol. The fourth-order valence-corrected chi connectivity index (χ4v) is 3.29. The number of hydrogen-bond acceptors (Lipinski definition) is 5. The summed E-state index contributed by atoms with van der Waals surface area (Å²) in [5.74, 6) is 0.362. The normalized spacial score (nSPS) is 11.2. The van der Waals surface area contributed by atoms with Gasteiger partial charge in [0.1, 0.15) is 10.0 Å². The third-order valence-electron chi connectivity index (χ3n) is 2.35. The number of nitrogens with one attached hydrogen (secondary N) is 1. The maximum atomic E-state index is 12.3. The van der Waals surface area contributed by atoms with Crippen LogP contribution in [0, 0.1) is 0 Å². The van der Waals surface area contributed by atoms with Crippen molar-refractivity contribution in [2.24, 2.45) is 0 Å². The Morgan fingerprint density at radius 2 is 1.95 bits per heavy atom. The molecule has 1 N–H and O–H groups in total. The number of ether oxygens (including phenoxy) is 1. The molecule has 0 radical (unpaired) electrons. The van der Waals surface area contributed by atoms with Crippen molar-refractivity contribution in [2.45, 2.75) is 4.90 Å². The smallest absolute Gasteiger partial charge is 0.264 e. The Labute approximate surface area is 143 Å². The molecule has 21 heavy (non-hydrogen) atoms. The molecule has 10 heteroatoms. The van der Waals surface area contributed by atoms with Gasteiger partial charge in [-0.25, -0.2) is 18.4 Å². The van der Waals surface area contributed by atoms with Crippen LogP contribution in [0.1, 0.15) is 0 Å². The topological polar surface area (TPSA) is 81.2 Å². The van der Waals surface area contributed by atoms with Crippen LogP contribution in [0.5, 0.6) is 5.75 Å². The largest absolute Gasteiger partial charge is 0.493 e. The number of sulfonamides is 1. The van der Waals surface area contributed by atoms with Crippen molar-refractivity contribution in [1.29, 1.82) is 0 Å². The number of nitrogens with zero attached hydrogens (tertiary/aromatic N) is 2. The first-order chi connectivity index (χ1) is 9.83. The minimum atomic E-state index is -3.86. The Morgan fingerprint density at radius 1 is 1.24 bits per heavy atom. The van der Waals surface area contributed by atoms with Crippen molar-refractivity contribution in [1.82, 2.24) is 9.97 Å². The minimum Gasteiger partial charge on any atom is -0.493 e. The Balaban J connectivity index is 2.39. The molecule has 0 bridgehead atoms. The van der Waals surface area contributed by atoms with Gasteiger partial charge in [-0.15, -0.1) is 0 Å². The van der Waals surface area contributed by atoms with E-state index in [9.17, 15) is 8.42 Å². The van der Waals surface area contributed by atoms with Crippen molar-refractivity contribution < 1.29 is 13.2 Å². The highest BCUT2D eigenvalue weighted by Crippen LogP contribution is 2.28. The van der Waals surface area contributed by atoms with Gasteiger partial charge in [0.05, 0.1) is 11.6 Å². The Hall–Kier alpha value is -0.900. The zero-order valence-corrected chi connectivity index (χ0v) is 15.2. The molecule has 0 atom stereocenters. The van der Waals surface area contributed by atoms with E-state index in [2.05, 4.69) is 46.5 Å². The van der Waals surface area contributed by atoms with Gasteiger partial charge in [-0.05, 0) is 44.0 Å². The fraction of sp³-hybridized carbons (Fsp3) is 0.0909. The molecule has 0 aliphatic rings. The van der Waals surface area contributed by atoms with Gasteiger partial charge < -0.3 is 4.74 Å². The highest BCUT2D eigenvalue weighted by Gasteiger charge is 2.19. The molecule has 0 saturated heterocycles. The van der Waals surface area contributed by atoms with E-state index in [1.54, 1.807) is 6.07 Å². The zero-order chi connectivity index (χ0) is 15.6. The molecule has 0 saturated carbocycles. The van der Waals surface area contributed by atoms with Gasteiger partial charge in [0, 0.05) is 16.9 Å². The quantitative estimate of drug-likeness (QED) is 0.711. The van der Waals surface area contributed by atoms with E-state index < -0.39 is 10.0 Å². The summed E-state index contributed by atoms with van der Waals surface area (Å²) in [5, 5.41) is 0.174. The van der Waals surface area contributed by atoms with Crippen LogP contribution >= 0.6 is 43.5 Å². The Bertz CT molecular complexity index is 786. The predicted octanol–water partition coefficient (Wildman–Crippen LogP) is 3.46. The van der Waals surface area contributed by atoms with Crippen LogP contribution in [0.15, 0.2) is 38.4 Å². The van der Waals surface area contributed by atoms with Crippen LogP contribution in [-0.4, -0.2) is 25.5 Å². The number of pyridine rings is 2. The molecule has 0 fully saturated rings. The van der Waals surface area contributed by atoms with Crippen molar-refractivity contribution in [2.75, 3.05) is 11.8 Å². The predicted molar refractivity (Wildman–Crippen MR) is 86.2 cm³/mol. The Kier molecular flexibility index (Phi) is 5.07. The van der Waals surface area contributed by atoms with Crippen molar-refractivity contribution >= 4 is 59.3 Å². The molecule has 0 amide bonds. The summed E-state index contributed by atoms with van der Waals surface area (Å²) in [6.07, 6.45) is 2.61. The van der Waals surface area contributed by atoms with Gasteiger partial charge >= 0.3 is 0 Å². The lowest BCUT2D eigenvalue weighted by molar-refractivity contribution is 0.415. The lowest BCUT2D eigenvalue weighted by atomic mass is 10.4. The van der Waals surface area contributed by atoms with Crippen LogP contribution in [0.2, 0.25) is 5.15 Å². The second-order valence-electron chi connectivity index (χ2n) is 3.75. The molecular weight excluding hydrogens is 449 g/mol. The molecule has 0 aromatic carbocycles. The number of rotatable bonds is 4. The van der Waals surface area contributed by atoms with Gasteiger partial charge in [-0.2, -0.15) is 0 Å². The summed E-state index contributed by atoms with van der Waals surface area (Å²) in [4.78, 5) is 7.71. The van der Waals surface area contributed by atoms with Crippen molar-refractivity contribution in [3.63, 3.8) is 0 Å². The number of hydrogen-bond donors (Lipinski definition) is 1. The first kappa shape index (κ1) is 16.5. The maximum Gasteiger partial charge on any atom is 0.264 e. The molecular formula is C11H8Br2ClN3O3S. The number of aromatic nitrogens is 2. The number of methoxy groups -OCH3 is 1. The van der Waals surface area contributed by atoms with E-state index in [0.29, 0.717) is 8.95 Å². The summed E-state index contributed by atoms with van der Waals surface area (Å²) in [7, 11) is -2.44. The van der Waals surface area contributed by atoms with Gasteiger partial charge in [-0.1, -0.05) is 11.6 Å². The van der Waals surface area contributed by atoms with Crippen molar-refractivity contribution in [3.8, 4) is 5.75 Å². The van der Waals surface area contributed by atoms with Crippen LogP contribution in [0.4, 0.5) is 5.82 Å². The lowest BCUT2D eigenvalue weighted by Crippen LogP contribution is -2.15. The van der Waals surface area contributed by atoms with Gasteiger partial charge in [0.15, 0.2) is 11.6 Å². The summed E-state index contributed by atoms with van der Waals surface area (Å²) < 4.78 is 33.1. The van der Waals surface area contributed by atoms with E-state index in [-0.39, 0.29) is 21.6 Å². The van der Waals surface area contributed by atoms with Crippen LogP contribution in [0.25, 0.3) is 0 Å². The molecule has 0 unspecified atom stereocenters. The molecule has 0 aliphatic carbocycles. The molecule has 2 aromatic rings. The summed E-state index contributed by atoms with van der Waals surface area (Å²) in [6.45, 7) is 0. The third kappa shape index (κ3) is 3.85.